The van der Waals surface area contributed by atoms with Gasteiger partial charge in [-0.3, -0.25) is 0 Å². The largest absolute Gasteiger partial charge is 0.458 e. The number of aliphatic hydroxyl groups excluding tert-OH is 2. The van der Waals surface area contributed by atoms with Gasteiger partial charge in [0.25, 0.3) is 0 Å². The fraction of sp³-hybridized carbons (Fsp3) is 0.833. The number of carbonyl (C=O) groups excluding carboxylic acids is 2. The molecule has 0 aliphatic heterocycles. The summed E-state index contributed by atoms with van der Waals surface area (Å²) in [6.07, 6.45) is -3.92. The molecule has 0 fully saturated rings. The van der Waals surface area contributed by atoms with E-state index in [1.165, 1.54) is 0 Å². The summed E-state index contributed by atoms with van der Waals surface area (Å²) in [4.78, 5) is 22.9. The van der Waals surface area contributed by atoms with Crippen LogP contribution < -0.4 is 0 Å². The van der Waals surface area contributed by atoms with E-state index >= 15 is 0 Å². The van der Waals surface area contributed by atoms with Gasteiger partial charge in [0.2, 0.25) is 0 Å². The van der Waals surface area contributed by atoms with Crippen LogP contribution in [0.25, 0.3) is 0 Å². The summed E-state index contributed by atoms with van der Waals surface area (Å²) in [5.41, 5.74) is -1.63. The second-order valence-corrected chi connectivity index (χ2v) is 5.96. The number of aliphatic hydroxyl groups is 2. The van der Waals surface area contributed by atoms with E-state index in [-0.39, 0.29) is 0 Å². The van der Waals surface area contributed by atoms with Gasteiger partial charge in [0, 0.05) is 0 Å². The Bertz CT molecular complexity index is 278. The molecule has 0 amide bonds. The minimum absolute atomic E-state index is 0.814. The molecule has 0 radical (unpaired) electrons. The van der Waals surface area contributed by atoms with Gasteiger partial charge in [-0.25, -0.2) is 9.59 Å². The van der Waals surface area contributed by atoms with E-state index in [0.717, 1.165) is 0 Å². The molecule has 2 atom stereocenters. The van der Waals surface area contributed by atoms with Gasteiger partial charge in [-0.05, 0) is 41.5 Å². The van der Waals surface area contributed by atoms with E-state index in [1.807, 2.05) is 0 Å². The fourth-order valence-electron chi connectivity index (χ4n) is 0.982. The first kappa shape index (κ1) is 16.9. The van der Waals surface area contributed by atoms with E-state index in [0.29, 0.717) is 0 Å². The van der Waals surface area contributed by atoms with Crippen LogP contribution in [0.1, 0.15) is 41.5 Å². The zero-order chi connectivity index (χ0) is 14.7. The van der Waals surface area contributed by atoms with Crippen LogP contribution in [0.15, 0.2) is 0 Å². The van der Waals surface area contributed by atoms with Gasteiger partial charge in [-0.1, -0.05) is 0 Å². The lowest BCUT2D eigenvalue weighted by molar-refractivity contribution is -0.185. The molecule has 6 heteroatoms. The summed E-state index contributed by atoms with van der Waals surface area (Å²) in [5, 5.41) is 19.0. The molecule has 0 aliphatic rings. The summed E-state index contributed by atoms with van der Waals surface area (Å²) in [6, 6.07) is 0. The number of carbonyl (C=O) groups is 2. The maximum Gasteiger partial charge on any atom is 0.338 e. The van der Waals surface area contributed by atoms with Crippen LogP contribution in [0, 0.1) is 0 Å². The number of hydrogen-bond acceptors (Lipinski definition) is 6. The van der Waals surface area contributed by atoms with Gasteiger partial charge in [0.1, 0.15) is 11.2 Å². The Kier molecular flexibility index (Phi) is 5.31. The Morgan fingerprint density at radius 2 is 1.00 bits per heavy atom. The smallest absolute Gasteiger partial charge is 0.338 e. The molecule has 0 heterocycles. The van der Waals surface area contributed by atoms with Crippen molar-refractivity contribution in [1.82, 2.24) is 0 Å². The molecule has 106 valence electrons. The predicted octanol–water partition coefficient (Wildman–Crippen LogP) is 0.392. The van der Waals surface area contributed by atoms with Crippen LogP contribution in [0.3, 0.4) is 0 Å². The van der Waals surface area contributed by atoms with Crippen LogP contribution in [0.2, 0.25) is 0 Å². The lowest BCUT2D eigenvalue weighted by Gasteiger charge is -2.25. The number of ether oxygens (including phenoxy) is 2. The van der Waals surface area contributed by atoms with Crippen molar-refractivity contribution in [3.05, 3.63) is 0 Å². The van der Waals surface area contributed by atoms with E-state index in [9.17, 15) is 19.8 Å². The zero-order valence-electron chi connectivity index (χ0n) is 11.7. The molecule has 0 aromatic rings. The normalized spacial score (nSPS) is 15.8. The number of esters is 2. The molecule has 0 aromatic heterocycles. The van der Waals surface area contributed by atoms with Gasteiger partial charge in [-0.15, -0.1) is 0 Å². The standard InChI is InChI=1S/C12H22O6/c1-11(2,3)17-9(15)7(13)8(14)10(16)18-12(4,5)6/h7-8,13-14H,1-6H3. The van der Waals surface area contributed by atoms with Crippen LogP contribution >= 0.6 is 0 Å². The molecule has 2 unspecified atom stereocenters. The van der Waals surface area contributed by atoms with Crippen LogP contribution in [-0.2, 0) is 19.1 Å². The van der Waals surface area contributed by atoms with Crippen LogP contribution in [0.5, 0.6) is 0 Å². The van der Waals surface area contributed by atoms with Crippen LogP contribution in [0.4, 0.5) is 0 Å². The molecule has 0 rings (SSSR count). The summed E-state index contributed by atoms with van der Waals surface area (Å²) in [7, 11) is 0. The van der Waals surface area contributed by atoms with Gasteiger partial charge >= 0.3 is 11.9 Å². The third-order valence-electron chi connectivity index (χ3n) is 1.60. The Hall–Kier alpha value is -1.14. The molecule has 18 heavy (non-hydrogen) atoms. The highest BCUT2D eigenvalue weighted by atomic mass is 16.6. The average molecular weight is 262 g/mol. The van der Waals surface area contributed by atoms with Gasteiger partial charge in [0.05, 0.1) is 0 Å². The van der Waals surface area contributed by atoms with Gasteiger partial charge in [-0.2, -0.15) is 0 Å². The summed E-state index contributed by atoms with van der Waals surface area (Å²) in [5.74, 6) is -2.14. The SMILES string of the molecule is CC(C)(C)OC(=O)C(O)C(O)C(=O)OC(C)(C)C. The molecule has 0 aromatic carbocycles. The van der Waals surface area contributed by atoms with Crippen molar-refractivity contribution in [2.75, 3.05) is 0 Å². The second-order valence-electron chi connectivity index (χ2n) is 5.96. The Morgan fingerprint density at radius 1 is 0.778 bits per heavy atom. The monoisotopic (exact) mass is 262 g/mol. The summed E-state index contributed by atoms with van der Waals surface area (Å²) in [6.45, 7) is 9.65. The molecule has 2 N–H and O–H groups in total. The van der Waals surface area contributed by atoms with Crippen molar-refractivity contribution in [1.29, 1.82) is 0 Å². The molecule has 0 spiro atoms. The second kappa shape index (κ2) is 5.67. The first-order valence-corrected chi connectivity index (χ1v) is 5.65. The van der Waals surface area contributed by atoms with Crippen molar-refractivity contribution in [3.8, 4) is 0 Å². The molecule has 0 saturated carbocycles. The third-order valence-corrected chi connectivity index (χ3v) is 1.60. The third kappa shape index (κ3) is 6.56. The predicted molar refractivity (Wildman–Crippen MR) is 63.7 cm³/mol. The van der Waals surface area contributed by atoms with Crippen molar-refractivity contribution < 1.29 is 29.3 Å². The number of rotatable bonds is 3. The zero-order valence-corrected chi connectivity index (χ0v) is 11.7. The molecular formula is C12H22O6. The summed E-state index contributed by atoms with van der Waals surface area (Å²) >= 11 is 0. The molecule has 0 saturated heterocycles. The fourth-order valence-corrected chi connectivity index (χ4v) is 0.982. The minimum atomic E-state index is -1.96. The van der Waals surface area contributed by atoms with E-state index in [4.69, 9.17) is 9.47 Å². The average Bonchev–Trinajstić information content (AvgIpc) is 2.09. The van der Waals surface area contributed by atoms with Gasteiger partial charge in [0.15, 0.2) is 12.2 Å². The maximum absolute atomic E-state index is 11.4. The maximum atomic E-state index is 11.4. The quantitative estimate of drug-likeness (QED) is 0.715. The van der Waals surface area contributed by atoms with Crippen LogP contribution in [-0.4, -0.2) is 45.6 Å². The lowest BCUT2D eigenvalue weighted by atomic mass is 10.1. The Labute approximate surface area is 107 Å². The van der Waals surface area contributed by atoms with Crippen molar-refractivity contribution in [2.45, 2.75) is 65.0 Å². The van der Waals surface area contributed by atoms with Crippen molar-refractivity contribution in [3.63, 3.8) is 0 Å². The van der Waals surface area contributed by atoms with E-state index < -0.39 is 35.3 Å². The summed E-state index contributed by atoms with van der Waals surface area (Å²) < 4.78 is 9.69. The molecular weight excluding hydrogens is 240 g/mol. The first-order chi connectivity index (χ1) is 7.83. The lowest BCUT2D eigenvalue weighted by Crippen LogP contribution is -2.45. The van der Waals surface area contributed by atoms with Crippen molar-refractivity contribution >= 4 is 11.9 Å². The molecule has 0 bridgehead atoms. The highest BCUT2D eigenvalue weighted by molar-refractivity contribution is 5.85. The molecule has 6 nitrogen and oxygen atoms in total. The topological polar surface area (TPSA) is 93.1 Å². The van der Waals surface area contributed by atoms with E-state index in [2.05, 4.69) is 0 Å². The highest BCUT2D eigenvalue weighted by Gasteiger charge is 2.36. The Balaban J connectivity index is 4.55. The highest BCUT2D eigenvalue weighted by Crippen LogP contribution is 2.13. The number of hydrogen-bond donors (Lipinski definition) is 2. The van der Waals surface area contributed by atoms with Gasteiger partial charge < -0.3 is 19.7 Å². The van der Waals surface area contributed by atoms with E-state index in [1.54, 1.807) is 41.5 Å². The Morgan fingerprint density at radius 3 is 1.17 bits per heavy atom. The minimum Gasteiger partial charge on any atom is -0.458 e. The molecule has 0 aliphatic carbocycles. The first-order valence-electron chi connectivity index (χ1n) is 5.65. The van der Waals surface area contributed by atoms with Crippen molar-refractivity contribution in [2.24, 2.45) is 0 Å².